The number of rotatable bonds is 10. The number of anilines is 1. The van der Waals surface area contributed by atoms with Crippen molar-refractivity contribution in [1.29, 1.82) is 5.41 Å². The number of carbonyl (C=O) groups excluding carboxylic acids is 1. The highest BCUT2D eigenvalue weighted by Gasteiger charge is 2.33. The molecule has 2 aliphatic rings. The van der Waals surface area contributed by atoms with Gasteiger partial charge in [0, 0.05) is 31.6 Å². The van der Waals surface area contributed by atoms with Crippen LogP contribution in [0.1, 0.15) is 55.9 Å². The molecule has 2 aromatic carbocycles. The van der Waals surface area contributed by atoms with E-state index >= 15 is 4.39 Å². The summed E-state index contributed by atoms with van der Waals surface area (Å²) in [6.07, 6.45) is 2.16. The van der Waals surface area contributed by atoms with E-state index in [1.807, 2.05) is 32.9 Å². The van der Waals surface area contributed by atoms with Crippen LogP contribution in [0.3, 0.4) is 0 Å². The van der Waals surface area contributed by atoms with Crippen molar-refractivity contribution in [1.82, 2.24) is 4.90 Å². The van der Waals surface area contributed by atoms with Crippen LogP contribution in [0.25, 0.3) is 0 Å². The van der Waals surface area contributed by atoms with Gasteiger partial charge in [-0.1, -0.05) is 26.8 Å². The van der Waals surface area contributed by atoms with Crippen LogP contribution in [0, 0.1) is 11.2 Å². The summed E-state index contributed by atoms with van der Waals surface area (Å²) >= 11 is 0. The molecule has 2 N–H and O–H groups in total. The van der Waals surface area contributed by atoms with Crippen LogP contribution in [0.4, 0.5) is 10.1 Å². The summed E-state index contributed by atoms with van der Waals surface area (Å²) in [6.45, 7) is 7.42. The van der Waals surface area contributed by atoms with E-state index in [1.54, 1.807) is 11.0 Å². The standard InChI is InChI=1S/C29H36FN3O6.BrH/c1-29(2,3)20-11-17(12-21(32-8-6-7-9-32)26(20)39-16-23(35)36)10-19(34)15-33-14-18-13-22(37-4)27(38-5)25(30)24(18)28(33)31;/h11-13,31H,6-10,14-16H2,1-5H3,(H,35,36);1H. The SMILES string of the molecule is Br.COc1cc2c(c(F)c1OC)C(=N)N(CC(=O)Cc1cc(N3CCCC3)c(OCC(=O)O)c(C(C)(C)C)c1)C2. The highest BCUT2D eigenvalue weighted by Crippen LogP contribution is 2.42. The number of ether oxygens (including phenoxy) is 3. The normalized spacial score (nSPS) is 14.6. The van der Waals surface area contributed by atoms with Gasteiger partial charge < -0.3 is 29.1 Å². The first-order chi connectivity index (χ1) is 18.4. The number of carboxylic acid groups (broad SMARTS) is 1. The molecule has 4 rings (SSSR count). The van der Waals surface area contributed by atoms with E-state index in [1.165, 1.54) is 14.2 Å². The van der Waals surface area contributed by atoms with Gasteiger partial charge in [-0.25, -0.2) is 9.18 Å². The van der Waals surface area contributed by atoms with Crippen molar-refractivity contribution in [3.05, 3.63) is 46.3 Å². The minimum Gasteiger partial charge on any atom is -0.493 e. The molecule has 0 radical (unpaired) electrons. The maximum Gasteiger partial charge on any atom is 0.341 e. The molecule has 40 heavy (non-hydrogen) atoms. The third kappa shape index (κ3) is 6.35. The maximum absolute atomic E-state index is 15.1. The fourth-order valence-electron chi connectivity index (χ4n) is 5.26. The van der Waals surface area contributed by atoms with Gasteiger partial charge in [0.1, 0.15) is 11.6 Å². The average molecular weight is 623 g/mol. The summed E-state index contributed by atoms with van der Waals surface area (Å²) in [5, 5.41) is 17.8. The molecule has 0 unspecified atom stereocenters. The van der Waals surface area contributed by atoms with Gasteiger partial charge in [-0.3, -0.25) is 10.2 Å². The summed E-state index contributed by atoms with van der Waals surface area (Å²) < 4.78 is 31.3. The number of nitrogens with one attached hydrogen (secondary N) is 1. The lowest BCUT2D eigenvalue weighted by atomic mass is 9.84. The Labute approximate surface area is 244 Å². The largest absolute Gasteiger partial charge is 0.493 e. The molecule has 0 amide bonds. The zero-order valence-corrected chi connectivity index (χ0v) is 25.3. The highest BCUT2D eigenvalue weighted by atomic mass is 79.9. The molecule has 0 aliphatic carbocycles. The number of Topliss-reactive ketones (excluding diaryl/α,β-unsaturated/α-hetero) is 1. The second kappa shape index (κ2) is 12.4. The molecule has 11 heteroatoms. The second-order valence-corrected chi connectivity index (χ2v) is 11.0. The number of ketones is 1. The van der Waals surface area contributed by atoms with Crippen molar-refractivity contribution in [2.45, 2.75) is 52.0 Å². The summed E-state index contributed by atoms with van der Waals surface area (Å²) in [5.41, 5.74) is 2.73. The topological polar surface area (TPSA) is 112 Å². The number of carboxylic acids is 1. The molecule has 2 aliphatic heterocycles. The van der Waals surface area contributed by atoms with E-state index in [-0.39, 0.29) is 70.6 Å². The van der Waals surface area contributed by atoms with E-state index in [2.05, 4.69) is 4.90 Å². The molecule has 0 saturated carbocycles. The van der Waals surface area contributed by atoms with Crippen molar-refractivity contribution in [2.24, 2.45) is 0 Å². The smallest absolute Gasteiger partial charge is 0.341 e. The van der Waals surface area contributed by atoms with Crippen molar-refractivity contribution in [3.63, 3.8) is 0 Å². The van der Waals surface area contributed by atoms with Crippen LogP contribution in [0.5, 0.6) is 17.2 Å². The van der Waals surface area contributed by atoms with E-state index in [0.29, 0.717) is 11.3 Å². The molecule has 2 heterocycles. The van der Waals surface area contributed by atoms with Crippen LogP contribution in [-0.4, -0.2) is 68.1 Å². The number of aliphatic carboxylic acids is 1. The van der Waals surface area contributed by atoms with Gasteiger partial charge in [0.25, 0.3) is 0 Å². The lowest BCUT2D eigenvalue weighted by molar-refractivity contribution is -0.139. The van der Waals surface area contributed by atoms with Crippen LogP contribution in [0.2, 0.25) is 0 Å². The van der Waals surface area contributed by atoms with Crippen molar-refractivity contribution < 1.29 is 33.3 Å². The van der Waals surface area contributed by atoms with Crippen LogP contribution in [0.15, 0.2) is 18.2 Å². The Kier molecular flexibility index (Phi) is 9.71. The minimum atomic E-state index is -1.05. The first kappa shape index (κ1) is 31.2. The van der Waals surface area contributed by atoms with Gasteiger partial charge in [-0.2, -0.15) is 0 Å². The lowest BCUT2D eigenvalue weighted by Gasteiger charge is -2.29. The van der Waals surface area contributed by atoms with E-state index in [9.17, 15) is 14.7 Å². The van der Waals surface area contributed by atoms with E-state index in [4.69, 9.17) is 19.6 Å². The molecule has 0 aromatic heterocycles. The summed E-state index contributed by atoms with van der Waals surface area (Å²) in [5.74, 6) is -1.21. The zero-order valence-electron chi connectivity index (χ0n) is 23.6. The van der Waals surface area contributed by atoms with Crippen LogP contribution >= 0.6 is 17.0 Å². The van der Waals surface area contributed by atoms with Gasteiger partial charge in [-0.15, -0.1) is 17.0 Å². The number of methoxy groups -OCH3 is 2. The molecular formula is C29H37BrFN3O6. The molecule has 1 saturated heterocycles. The Morgan fingerprint density at radius 2 is 1.75 bits per heavy atom. The number of halogens is 2. The zero-order chi connectivity index (χ0) is 28.5. The maximum atomic E-state index is 15.1. The van der Waals surface area contributed by atoms with Crippen LogP contribution < -0.4 is 19.1 Å². The second-order valence-electron chi connectivity index (χ2n) is 11.0. The van der Waals surface area contributed by atoms with Crippen molar-refractivity contribution in [2.75, 3.05) is 45.4 Å². The fraction of sp³-hybridized carbons (Fsp3) is 0.483. The molecule has 218 valence electrons. The molecule has 0 atom stereocenters. The first-order valence-corrected chi connectivity index (χ1v) is 13.0. The van der Waals surface area contributed by atoms with Crippen LogP contribution in [-0.2, 0) is 28.0 Å². The average Bonchev–Trinajstić information content (AvgIpc) is 3.50. The third-order valence-corrected chi connectivity index (χ3v) is 7.10. The summed E-state index contributed by atoms with van der Waals surface area (Å²) in [6, 6.07) is 5.47. The minimum absolute atomic E-state index is 0. The fourth-order valence-corrected chi connectivity index (χ4v) is 5.26. The van der Waals surface area contributed by atoms with Gasteiger partial charge in [0.05, 0.1) is 32.0 Å². The van der Waals surface area contributed by atoms with Gasteiger partial charge >= 0.3 is 5.97 Å². The quantitative estimate of drug-likeness (QED) is 0.391. The molecule has 2 aromatic rings. The van der Waals surface area contributed by atoms with Crippen molar-refractivity contribution >= 4 is 40.3 Å². The number of hydrogen-bond donors (Lipinski definition) is 2. The van der Waals surface area contributed by atoms with E-state index < -0.39 is 18.4 Å². The lowest BCUT2D eigenvalue weighted by Crippen LogP contribution is -2.31. The molecular weight excluding hydrogens is 585 g/mol. The number of hydrogen-bond acceptors (Lipinski definition) is 7. The van der Waals surface area contributed by atoms with Crippen molar-refractivity contribution in [3.8, 4) is 17.2 Å². The van der Waals surface area contributed by atoms with Gasteiger partial charge in [0.15, 0.2) is 29.7 Å². The Morgan fingerprint density at radius 3 is 2.33 bits per heavy atom. The van der Waals surface area contributed by atoms with Gasteiger partial charge in [-0.05, 0) is 41.5 Å². The number of carbonyl (C=O) groups is 2. The molecule has 1 fully saturated rings. The number of amidine groups is 1. The third-order valence-electron chi connectivity index (χ3n) is 7.10. The monoisotopic (exact) mass is 621 g/mol. The molecule has 0 spiro atoms. The summed E-state index contributed by atoms with van der Waals surface area (Å²) in [7, 11) is 2.76. The first-order valence-electron chi connectivity index (χ1n) is 13.0. The Bertz CT molecular complexity index is 1300. The Hall–Kier alpha value is -3.34. The number of fused-ring (bicyclic) bond motifs is 1. The highest BCUT2D eigenvalue weighted by molar-refractivity contribution is 8.93. The predicted octanol–water partition coefficient (Wildman–Crippen LogP) is 4.73. The molecule has 9 nitrogen and oxygen atoms in total. The Morgan fingerprint density at radius 1 is 1.07 bits per heavy atom. The predicted molar refractivity (Wildman–Crippen MR) is 155 cm³/mol. The van der Waals surface area contributed by atoms with Gasteiger partial charge in [0.2, 0.25) is 0 Å². The Balaban J connectivity index is 0.00000441. The summed E-state index contributed by atoms with van der Waals surface area (Å²) in [4.78, 5) is 28.3. The number of nitrogens with zero attached hydrogens (tertiary/aromatic N) is 2. The molecule has 0 bridgehead atoms. The number of benzene rings is 2. The van der Waals surface area contributed by atoms with E-state index in [0.717, 1.165) is 42.7 Å².